The molecule has 1 heterocycles. The summed E-state index contributed by atoms with van der Waals surface area (Å²) in [5, 5.41) is 9.88. The first-order valence-electron chi connectivity index (χ1n) is 14.4. The number of aromatic hydroxyl groups is 1. The van der Waals surface area contributed by atoms with Gasteiger partial charge >= 0.3 is 0 Å². The number of allylic oxidation sites excluding steroid dienone is 2. The molecular formula is C33H44N2O. The van der Waals surface area contributed by atoms with Crippen LogP contribution in [-0.4, -0.2) is 47.1 Å². The number of fused-ring (bicyclic) bond motifs is 1. The zero-order chi connectivity index (χ0) is 24.7. The minimum atomic E-state index is 0.399. The number of likely N-dealkylation sites (tertiary alicyclic amines) is 1. The highest BCUT2D eigenvalue weighted by molar-refractivity contribution is 5.37. The van der Waals surface area contributed by atoms with E-state index in [-0.39, 0.29) is 0 Å². The van der Waals surface area contributed by atoms with Crippen molar-refractivity contribution < 1.29 is 5.11 Å². The van der Waals surface area contributed by atoms with Crippen LogP contribution < -0.4 is 0 Å². The molecule has 2 unspecified atom stereocenters. The standard InChI is InChI=1S/C33H44N2O/c1-2-35(25-27-13-11-26(12-14-27)19-22-34-20-7-3-4-8-21-34)33-10-6-5-9-32(33)30-16-15-29-24-31(36)18-17-28(29)23-30/h5-6,9-14,17-18,24,30,32-33,36H,2-4,7-8,15-16,19-23,25H2,1H3/t30-,32?,33?/m1/s1. The Kier molecular flexibility index (Phi) is 8.61. The minimum Gasteiger partial charge on any atom is -0.508 e. The summed E-state index contributed by atoms with van der Waals surface area (Å²) in [7, 11) is 0. The molecule has 5 rings (SSSR count). The number of nitrogens with zero attached hydrogens (tertiary/aromatic N) is 2. The summed E-state index contributed by atoms with van der Waals surface area (Å²) >= 11 is 0. The summed E-state index contributed by atoms with van der Waals surface area (Å²) in [6.07, 6.45) is 19.5. The fourth-order valence-corrected chi connectivity index (χ4v) is 6.63. The predicted molar refractivity (Wildman–Crippen MR) is 150 cm³/mol. The fraction of sp³-hybridized carbons (Fsp3) is 0.515. The average Bonchev–Trinajstić information content (AvgIpc) is 3.20. The molecular weight excluding hydrogens is 440 g/mol. The van der Waals surface area contributed by atoms with E-state index in [1.807, 2.05) is 12.1 Å². The Morgan fingerprint density at radius 2 is 1.64 bits per heavy atom. The third-order valence-electron chi connectivity index (χ3n) is 8.80. The SMILES string of the molecule is CCN(Cc1ccc(CCN2CCCCCC2)cc1)C1C=CC=CC1[C@@H]1CCc2cc(O)ccc2C1. The predicted octanol–water partition coefficient (Wildman–Crippen LogP) is 6.55. The van der Waals surface area contributed by atoms with Gasteiger partial charge in [-0.3, -0.25) is 4.90 Å². The topological polar surface area (TPSA) is 26.7 Å². The largest absolute Gasteiger partial charge is 0.508 e. The number of aryl methyl sites for hydroxylation is 1. The second-order valence-electron chi connectivity index (χ2n) is 11.2. The highest BCUT2D eigenvalue weighted by Gasteiger charge is 2.33. The van der Waals surface area contributed by atoms with E-state index in [9.17, 15) is 5.11 Å². The van der Waals surface area contributed by atoms with Crippen molar-refractivity contribution in [3.05, 3.63) is 89.0 Å². The van der Waals surface area contributed by atoms with Gasteiger partial charge in [0, 0.05) is 19.1 Å². The first kappa shape index (κ1) is 25.3. The lowest BCUT2D eigenvalue weighted by Gasteiger charge is -2.40. The highest BCUT2D eigenvalue weighted by atomic mass is 16.3. The molecule has 2 aliphatic carbocycles. The smallest absolute Gasteiger partial charge is 0.115 e. The Balaban J connectivity index is 1.20. The Hall–Kier alpha value is -2.36. The van der Waals surface area contributed by atoms with Crippen LogP contribution in [0.15, 0.2) is 66.8 Å². The zero-order valence-corrected chi connectivity index (χ0v) is 22.1. The van der Waals surface area contributed by atoms with Gasteiger partial charge in [-0.25, -0.2) is 0 Å². The van der Waals surface area contributed by atoms with Crippen molar-refractivity contribution in [2.45, 2.75) is 70.9 Å². The van der Waals surface area contributed by atoms with Crippen LogP contribution >= 0.6 is 0 Å². The van der Waals surface area contributed by atoms with Gasteiger partial charge in [0.1, 0.15) is 5.75 Å². The number of phenols is 1. The maximum atomic E-state index is 9.88. The number of hydrogen-bond acceptors (Lipinski definition) is 3. The molecule has 1 N–H and O–H groups in total. The van der Waals surface area contributed by atoms with Crippen LogP contribution in [0, 0.1) is 11.8 Å². The molecule has 3 atom stereocenters. The maximum absolute atomic E-state index is 9.88. The number of benzene rings is 2. The molecule has 0 radical (unpaired) electrons. The lowest BCUT2D eigenvalue weighted by atomic mass is 9.73. The summed E-state index contributed by atoms with van der Waals surface area (Å²) in [6.45, 7) is 8.11. The van der Waals surface area contributed by atoms with E-state index in [2.05, 4.69) is 71.4 Å². The van der Waals surface area contributed by atoms with Crippen molar-refractivity contribution >= 4 is 0 Å². The molecule has 1 fully saturated rings. The van der Waals surface area contributed by atoms with Crippen LogP contribution in [0.25, 0.3) is 0 Å². The van der Waals surface area contributed by atoms with Gasteiger partial charge in [0.25, 0.3) is 0 Å². The molecule has 0 spiro atoms. The van der Waals surface area contributed by atoms with E-state index >= 15 is 0 Å². The van der Waals surface area contributed by atoms with Crippen molar-refractivity contribution in [3.8, 4) is 5.75 Å². The van der Waals surface area contributed by atoms with Gasteiger partial charge < -0.3 is 10.0 Å². The number of rotatable bonds is 8. The molecule has 2 aromatic rings. The molecule has 3 nitrogen and oxygen atoms in total. The summed E-state index contributed by atoms with van der Waals surface area (Å²) in [5.74, 6) is 1.57. The second kappa shape index (κ2) is 12.3. The van der Waals surface area contributed by atoms with Crippen molar-refractivity contribution in [1.82, 2.24) is 9.80 Å². The van der Waals surface area contributed by atoms with Crippen molar-refractivity contribution in [3.63, 3.8) is 0 Å². The van der Waals surface area contributed by atoms with E-state index in [0.29, 0.717) is 23.6 Å². The lowest BCUT2D eigenvalue weighted by molar-refractivity contribution is 0.154. The van der Waals surface area contributed by atoms with Crippen molar-refractivity contribution in [1.29, 1.82) is 0 Å². The molecule has 1 aliphatic heterocycles. The highest BCUT2D eigenvalue weighted by Crippen LogP contribution is 2.37. The van der Waals surface area contributed by atoms with Gasteiger partial charge in [0.15, 0.2) is 0 Å². The molecule has 36 heavy (non-hydrogen) atoms. The summed E-state index contributed by atoms with van der Waals surface area (Å²) < 4.78 is 0. The molecule has 0 saturated carbocycles. The molecule has 192 valence electrons. The van der Waals surface area contributed by atoms with Crippen LogP contribution in [0.4, 0.5) is 0 Å². The normalized spacial score (nSPS) is 24.6. The van der Waals surface area contributed by atoms with Gasteiger partial charge in [-0.05, 0) is 104 Å². The molecule has 2 aromatic carbocycles. The summed E-state index contributed by atoms with van der Waals surface area (Å²) in [5.41, 5.74) is 5.64. The average molecular weight is 485 g/mol. The van der Waals surface area contributed by atoms with E-state index in [4.69, 9.17) is 0 Å². The van der Waals surface area contributed by atoms with Gasteiger partial charge in [0.2, 0.25) is 0 Å². The van der Waals surface area contributed by atoms with E-state index in [0.717, 1.165) is 32.4 Å². The Labute approximate surface area is 218 Å². The number of phenolic OH excluding ortho intramolecular Hbond substituents is 1. The van der Waals surface area contributed by atoms with Crippen molar-refractivity contribution in [2.75, 3.05) is 26.2 Å². The van der Waals surface area contributed by atoms with Gasteiger partial charge in [-0.1, -0.05) is 74.4 Å². The minimum absolute atomic E-state index is 0.399. The Morgan fingerprint density at radius 1 is 0.889 bits per heavy atom. The van der Waals surface area contributed by atoms with Crippen LogP contribution in [0.5, 0.6) is 5.75 Å². The first-order valence-corrected chi connectivity index (χ1v) is 14.4. The molecule has 3 aliphatic rings. The Morgan fingerprint density at radius 3 is 2.42 bits per heavy atom. The van der Waals surface area contributed by atoms with Crippen LogP contribution in [0.2, 0.25) is 0 Å². The van der Waals surface area contributed by atoms with E-state index in [1.165, 1.54) is 74.0 Å². The third-order valence-corrected chi connectivity index (χ3v) is 8.80. The fourth-order valence-electron chi connectivity index (χ4n) is 6.63. The third kappa shape index (κ3) is 6.30. The van der Waals surface area contributed by atoms with Gasteiger partial charge in [0.05, 0.1) is 0 Å². The Bertz CT molecular complexity index is 1030. The lowest BCUT2D eigenvalue weighted by Crippen LogP contribution is -2.43. The molecule has 0 bridgehead atoms. The molecule has 3 heteroatoms. The second-order valence-corrected chi connectivity index (χ2v) is 11.2. The van der Waals surface area contributed by atoms with Crippen LogP contribution in [0.1, 0.15) is 61.3 Å². The molecule has 0 aromatic heterocycles. The van der Waals surface area contributed by atoms with Crippen LogP contribution in [0.3, 0.4) is 0 Å². The van der Waals surface area contributed by atoms with Gasteiger partial charge in [-0.2, -0.15) is 0 Å². The van der Waals surface area contributed by atoms with E-state index < -0.39 is 0 Å². The van der Waals surface area contributed by atoms with E-state index in [1.54, 1.807) is 0 Å². The summed E-state index contributed by atoms with van der Waals surface area (Å²) in [6, 6.07) is 15.8. The summed E-state index contributed by atoms with van der Waals surface area (Å²) in [4.78, 5) is 5.32. The monoisotopic (exact) mass is 484 g/mol. The quantitative estimate of drug-likeness (QED) is 0.460. The number of hydrogen-bond donors (Lipinski definition) is 1. The van der Waals surface area contributed by atoms with Gasteiger partial charge in [-0.15, -0.1) is 0 Å². The maximum Gasteiger partial charge on any atom is 0.115 e. The molecule has 1 saturated heterocycles. The molecule has 0 amide bonds. The first-order chi connectivity index (χ1) is 17.7. The van der Waals surface area contributed by atoms with Crippen molar-refractivity contribution in [2.24, 2.45) is 11.8 Å². The number of likely N-dealkylation sites (N-methyl/N-ethyl adjacent to an activating group) is 1. The van der Waals surface area contributed by atoms with Crippen LogP contribution in [-0.2, 0) is 25.8 Å². The zero-order valence-electron chi connectivity index (χ0n) is 22.1.